The predicted molar refractivity (Wildman–Crippen MR) is 133 cm³/mol. The van der Waals surface area contributed by atoms with E-state index in [0.29, 0.717) is 55.4 Å². The zero-order valence-corrected chi connectivity index (χ0v) is 21.3. The van der Waals surface area contributed by atoms with Crippen molar-refractivity contribution >= 4 is 23.6 Å². The second kappa shape index (κ2) is 12.2. The first-order valence-corrected chi connectivity index (χ1v) is 12.6. The number of ether oxygens (including phenoxy) is 1. The minimum atomic E-state index is -0.345. The van der Waals surface area contributed by atoms with Crippen molar-refractivity contribution in [2.75, 3.05) is 33.3 Å². The van der Waals surface area contributed by atoms with E-state index in [1.807, 2.05) is 42.2 Å². The molecule has 0 aliphatic carbocycles. The van der Waals surface area contributed by atoms with E-state index in [2.05, 4.69) is 0 Å². The smallest absolute Gasteiger partial charge is 0.257 e. The molecule has 2 aromatic rings. The van der Waals surface area contributed by atoms with E-state index in [1.165, 1.54) is 11.8 Å². The number of piperazine rings is 1. The third-order valence-electron chi connectivity index (χ3n) is 6.04. The first-order valence-electron chi connectivity index (χ1n) is 11.7. The molecular formula is C25H34N4O4S. The molecule has 184 valence electrons. The van der Waals surface area contributed by atoms with Gasteiger partial charge in [0.25, 0.3) is 5.56 Å². The van der Waals surface area contributed by atoms with Crippen LogP contribution in [0.15, 0.2) is 40.3 Å². The molecule has 0 N–H and O–H groups in total. The minimum Gasteiger partial charge on any atom is -0.378 e. The molecule has 1 aromatic heterocycles. The Kier molecular flexibility index (Phi) is 9.29. The van der Waals surface area contributed by atoms with Gasteiger partial charge in [0.15, 0.2) is 5.16 Å². The molecule has 1 saturated heterocycles. The summed E-state index contributed by atoms with van der Waals surface area (Å²) in [6.07, 6.45) is 1.99. The number of nitrogens with zero attached hydrogens (tertiary/aromatic N) is 4. The molecule has 1 aliphatic rings. The molecule has 2 amide bonds. The molecule has 0 radical (unpaired) electrons. The fourth-order valence-electron chi connectivity index (χ4n) is 4.08. The van der Waals surface area contributed by atoms with Gasteiger partial charge in [0, 0.05) is 59.2 Å². The van der Waals surface area contributed by atoms with Crippen LogP contribution < -0.4 is 5.56 Å². The van der Waals surface area contributed by atoms with Crippen LogP contribution >= 0.6 is 11.8 Å². The highest BCUT2D eigenvalue weighted by Crippen LogP contribution is 2.27. The van der Waals surface area contributed by atoms with Crippen LogP contribution in [0.1, 0.15) is 43.5 Å². The number of hydrogen-bond acceptors (Lipinski definition) is 6. The van der Waals surface area contributed by atoms with Crippen molar-refractivity contribution in [2.45, 2.75) is 50.1 Å². The number of rotatable bonds is 9. The molecule has 0 spiro atoms. The molecule has 0 bridgehead atoms. The van der Waals surface area contributed by atoms with E-state index in [4.69, 9.17) is 9.72 Å². The summed E-state index contributed by atoms with van der Waals surface area (Å²) in [6.45, 7) is 5.97. The topological polar surface area (TPSA) is 84.7 Å². The molecule has 1 aromatic carbocycles. The quantitative estimate of drug-likeness (QED) is 0.400. The Labute approximate surface area is 205 Å². The Morgan fingerprint density at radius 2 is 1.76 bits per heavy atom. The SMILES string of the molecule is CCCC(Sc1nc(COC)c(Cc2ccccc2)c(=O)n1C)C(=O)N1CCN(C(C)=O)CC1. The lowest BCUT2D eigenvalue weighted by Crippen LogP contribution is -2.52. The Balaban J connectivity index is 1.84. The van der Waals surface area contributed by atoms with Crippen molar-refractivity contribution in [3.05, 3.63) is 57.5 Å². The molecule has 1 aliphatic heterocycles. The summed E-state index contributed by atoms with van der Waals surface area (Å²) in [5.74, 6) is 0.0676. The van der Waals surface area contributed by atoms with Crippen LogP contribution in [0.25, 0.3) is 0 Å². The second-order valence-electron chi connectivity index (χ2n) is 8.51. The molecule has 2 heterocycles. The monoisotopic (exact) mass is 486 g/mol. The highest BCUT2D eigenvalue weighted by atomic mass is 32.2. The van der Waals surface area contributed by atoms with E-state index in [-0.39, 0.29) is 29.2 Å². The van der Waals surface area contributed by atoms with Crippen molar-refractivity contribution in [3.8, 4) is 0 Å². The van der Waals surface area contributed by atoms with Crippen LogP contribution in [0.3, 0.4) is 0 Å². The number of benzene rings is 1. The number of thioether (sulfide) groups is 1. The van der Waals surface area contributed by atoms with Gasteiger partial charge in [0.1, 0.15) is 0 Å². The molecule has 0 saturated carbocycles. The van der Waals surface area contributed by atoms with Crippen LogP contribution in [-0.2, 0) is 34.4 Å². The lowest BCUT2D eigenvalue weighted by molar-refractivity contribution is -0.138. The average Bonchev–Trinajstić information content (AvgIpc) is 2.84. The van der Waals surface area contributed by atoms with Gasteiger partial charge in [-0.15, -0.1) is 0 Å². The van der Waals surface area contributed by atoms with E-state index < -0.39 is 0 Å². The zero-order chi connectivity index (χ0) is 24.7. The molecule has 1 atom stereocenters. The molecule has 9 heteroatoms. The Morgan fingerprint density at radius 3 is 2.35 bits per heavy atom. The maximum Gasteiger partial charge on any atom is 0.257 e. The zero-order valence-electron chi connectivity index (χ0n) is 20.5. The molecule has 1 unspecified atom stereocenters. The average molecular weight is 487 g/mol. The van der Waals surface area contributed by atoms with Crippen LogP contribution in [0.4, 0.5) is 0 Å². The van der Waals surface area contributed by atoms with Gasteiger partial charge in [0.05, 0.1) is 17.6 Å². The van der Waals surface area contributed by atoms with E-state index in [1.54, 1.807) is 30.5 Å². The molecule has 3 rings (SSSR count). The fourth-order valence-corrected chi connectivity index (χ4v) is 5.34. The summed E-state index contributed by atoms with van der Waals surface area (Å²) in [5.41, 5.74) is 2.13. The largest absolute Gasteiger partial charge is 0.378 e. The Hall–Kier alpha value is -2.65. The van der Waals surface area contributed by atoms with Crippen molar-refractivity contribution in [2.24, 2.45) is 7.05 Å². The normalized spacial score (nSPS) is 14.8. The van der Waals surface area contributed by atoms with Crippen LogP contribution in [0.2, 0.25) is 0 Å². The summed E-state index contributed by atoms with van der Waals surface area (Å²) in [6, 6.07) is 9.82. The van der Waals surface area contributed by atoms with Gasteiger partial charge >= 0.3 is 0 Å². The predicted octanol–water partition coefficient (Wildman–Crippen LogP) is 2.47. The van der Waals surface area contributed by atoms with E-state index >= 15 is 0 Å². The Morgan fingerprint density at radius 1 is 1.12 bits per heavy atom. The van der Waals surface area contributed by atoms with Gasteiger partial charge in [-0.25, -0.2) is 4.98 Å². The molecular weight excluding hydrogens is 452 g/mol. The first-order chi connectivity index (χ1) is 16.3. The minimum absolute atomic E-state index is 0.0333. The maximum atomic E-state index is 13.3. The summed E-state index contributed by atoms with van der Waals surface area (Å²) in [4.78, 5) is 46.7. The number of carbonyl (C=O) groups is 2. The molecule has 34 heavy (non-hydrogen) atoms. The third-order valence-corrected chi connectivity index (χ3v) is 7.34. The van der Waals surface area contributed by atoms with Gasteiger partial charge in [-0.2, -0.15) is 0 Å². The Bertz CT molecular complexity index is 1050. The van der Waals surface area contributed by atoms with Crippen LogP contribution in [0.5, 0.6) is 0 Å². The lowest BCUT2D eigenvalue weighted by Gasteiger charge is -2.36. The summed E-state index contributed by atoms with van der Waals surface area (Å²) in [5, 5.41) is 0.172. The van der Waals surface area contributed by atoms with Gasteiger partial charge in [-0.05, 0) is 12.0 Å². The standard InChI is InChI=1S/C25H34N4O4S/c1-5-9-22(24(32)29-14-12-28(13-15-29)18(2)30)34-25-26-21(17-33-4)20(23(31)27(25)3)16-19-10-7-6-8-11-19/h6-8,10-11,22H,5,9,12-17H2,1-4H3. The van der Waals surface area contributed by atoms with Crippen molar-refractivity contribution in [1.29, 1.82) is 0 Å². The lowest BCUT2D eigenvalue weighted by atomic mass is 10.0. The first kappa shape index (κ1) is 26.0. The number of methoxy groups -OCH3 is 1. The van der Waals surface area contributed by atoms with E-state index in [0.717, 1.165) is 12.0 Å². The van der Waals surface area contributed by atoms with Gasteiger partial charge in [-0.1, -0.05) is 55.4 Å². The summed E-state index contributed by atoms with van der Waals surface area (Å²) < 4.78 is 6.90. The second-order valence-corrected chi connectivity index (χ2v) is 9.68. The van der Waals surface area contributed by atoms with Gasteiger partial charge in [-0.3, -0.25) is 19.0 Å². The fraction of sp³-hybridized carbons (Fsp3) is 0.520. The van der Waals surface area contributed by atoms with Gasteiger partial charge in [0.2, 0.25) is 11.8 Å². The highest BCUT2D eigenvalue weighted by Gasteiger charge is 2.30. The van der Waals surface area contributed by atoms with Crippen LogP contribution in [0, 0.1) is 0 Å². The van der Waals surface area contributed by atoms with E-state index in [9.17, 15) is 14.4 Å². The van der Waals surface area contributed by atoms with Crippen molar-refractivity contribution in [3.63, 3.8) is 0 Å². The van der Waals surface area contributed by atoms with Crippen LogP contribution in [-0.4, -0.2) is 69.7 Å². The number of carbonyl (C=O) groups excluding carboxylic acids is 2. The maximum absolute atomic E-state index is 13.3. The summed E-state index contributed by atoms with van der Waals surface area (Å²) >= 11 is 1.34. The molecule has 8 nitrogen and oxygen atoms in total. The van der Waals surface area contributed by atoms with Crippen molar-refractivity contribution in [1.82, 2.24) is 19.4 Å². The molecule has 1 fully saturated rings. The van der Waals surface area contributed by atoms with Crippen molar-refractivity contribution < 1.29 is 14.3 Å². The van der Waals surface area contributed by atoms with Gasteiger partial charge < -0.3 is 14.5 Å². The number of amides is 2. The highest BCUT2D eigenvalue weighted by molar-refractivity contribution is 8.00. The third kappa shape index (κ3) is 6.27. The number of aromatic nitrogens is 2. The number of hydrogen-bond donors (Lipinski definition) is 0. The summed E-state index contributed by atoms with van der Waals surface area (Å²) in [7, 11) is 3.30.